The van der Waals surface area contributed by atoms with Crippen molar-refractivity contribution in [2.75, 3.05) is 5.32 Å². The maximum Gasteiger partial charge on any atom is 0.331 e. The number of hydrogen-bond donors (Lipinski definition) is 1. The molecule has 136 valence electrons. The Morgan fingerprint density at radius 3 is 2.46 bits per heavy atom. The number of rotatable bonds is 5. The van der Waals surface area contributed by atoms with Gasteiger partial charge in [-0.15, -0.1) is 0 Å². The minimum absolute atomic E-state index is 0.406. The van der Waals surface area contributed by atoms with Crippen LogP contribution in [0.25, 0.3) is 6.08 Å². The fourth-order valence-electron chi connectivity index (χ4n) is 1.98. The number of ether oxygens (including phenoxy) is 1. The zero-order chi connectivity index (χ0) is 19.3. The van der Waals surface area contributed by atoms with Crippen LogP contribution in [0.15, 0.2) is 42.5 Å². The molecule has 1 N–H and O–H groups in total. The van der Waals surface area contributed by atoms with Crippen LogP contribution < -0.4 is 5.32 Å². The van der Waals surface area contributed by atoms with E-state index >= 15 is 0 Å². The molecule has 1 atom stereocenters. The second-order valence-corrected chi connectivity index (χ2v) is 6.78. The van der Waals surface area contributed by atoms with Crippen LogP contribution in [-0.2, 0) is 14.3 Å². The van der Waals surface area contributed by atoms with Crippen molar-refractivity contribution >= 4 is 58.4 Å². The van der Waals surface area contributed by atoms with Crippen LogP contribution in [0.4, 0.5) is 5.69 Å². The monoisotopic (exact) mass is 411 g/mol. The number of benzene rings is 2. The third kappa shape index (κ3) is 5.77. The summed E-state index contributed by atoms with van der Waals surface area (Å²) in [5.74, 6) is -1.13. The van der Waals surface area contributed by atoms with E-state index in [1.54, 1.807) is 36.4 Å². The second kappa shape index (κ2) is 9.08. The smallest absolute Gasteiger partial charge is 0.331 e. The standard InChI is InChI=1S/C19H16Cl3NO3/c1-11-3-7-15(10-16(11)21)23-19(25)12(2)26-18(24)8-5-13-4-6-14(20)9-17(13)22/h3-10,12H,1-2H3,(H,23,25)/b8-5+. The van der Waals surface area contributed by atoms with E-state index in [-0.39, 0.29) is 0 Å². The number of nitrogens with one attached hydrogen (secondary N) is 1. The maximum atomic E-state index is 12.1. The fraction of sp³-hybridized carbons (Fsp3) is 0.158. The van der Waals surface area contributed by atoms with Gasteiger partial charge in [0.15, 0.2) is 6.10 Å². The molecule has 0 spiro atoms. The van der Waals surface area contributed by atoms with Gasteiger partial charge in [0.2, 0.25) is 0 Å². The Hall–Kier alpha value is -2.01. The van der Waals surface area contributed by atoms with Gasteiger partial charge >= 0.3 is 5.97 Å². The number of carbonyl (C=O) groups is 2. The van der Waals surface area contributed by atoms with E-state index in [1.807, 2.05) is 6.92 Å². The molecule has 0 saturated heterocycles. The van der Waals surface area contributed by atoms with Crippen molar-refractivity contribution in [1.82, 2.24) is 0 Å². The molecular formula is C19H16Cl3NO3. The number of carbonyl (C=O) groups excluding carboxylic acids is 2. The number of hydrogen-bond acceptors (Lipinski definition) is 3. The highest BCUT2D eigenvalue weighted by Gasteiger charge is 2.17. The third-order valence-electron chi connectivity index (χ3n) is 3.46. The zero-order valence-electron chi connectivity index (χ0n) is 14.1. The van der Waals surface area contributed by atoms with Gasteiger partial charge in [-0.25, -0.2) is 4.79 Å². The molecule has 2 rings (SSSR count). The van der Waals surface area contributed by atoms with E-state index in [4.69, 9.17) is 39.5 Å². The molecule has 26 heavy (non-hydrogen) atoms. The first-order chi connectivity index (χ1) is 12.3. The first kappa shape index (κ1) is 20.3. The van der Waals surface area contributed by atoms with Crippen molar-refractivity contribution in [3.05, 3.63) is 68.7 Å². The van der Waals surface area contributed by atoms with E-state index in [0.717, 1.165) is 5.56 Å². The van der Waals surface area contributed by atoms with Crippen LogP contribution in [0.2, 0.25) is 15.1 Å². The first-order valence-corrected chi connectivity index (χ1v) is 8.80. The molecule has 0 bridgehead atoms. The van der Waals surface area contributed by atoms with Gasteiger partial charge in [0.25, 0.3) is 5.91 Å². The summed E-state index contributed by atoms with van der Waals surface area (Å²) in [5.41, 5.74) is 2.03. The highest BCUT2D eigenvalue weighted by atomic mass is 35.5. The van der Waals surface area contributed by atoms with Gasteiger partial charge in [-0.3, -0.25) is 4.79 Å². The molecule has 1 unspecified atom stereocenters. The topological polar surface area (TPSA) is 55.4 Å². The van der Waals surface area contributed by atoms with Crippen LogP contribution in [0.3, 0.4) is 0 Å². The van der Waals surface area contributed by atoms with Crippen LogP contribution >= 0.6 is 34.8 Å². The van der Waals surface area contributed by atoms with Crippen molar-refractivity contribution in [1.29, 1.82) is 0 Å². The van der Waals surface area contributed by atoms with Crippen molar-refractivity contribution < 1.29 is 14.3 Å². The summed E-state index contributed by atoms with van der Waals surface area (Å²) >= 11 is 17.9. The molecule has 2 aromatic carbocycles. The van der Waals surface area contributed by atoms with Crippen molar-refractivity contribution in [2.24, 2.45) is 0 Å². The number of aryl methyl sites for hydroxylation is 1. The highest BCUT2D eigenvalue weighted by Crippen LogP contribution is 2.22. The summed E-state index contributed by atoms with van der Waals surface area (Å²) in [6.45, 7) is 3.34. The van der Waals surface area contributed by atoms with Crippen molar-refractivity contribution in [3.63, 3.8) is 0 Å². The van der Waals surface area contributed by atoms with E-state index in [1.165, 1.54) is 19.1 Å². The Kier molecular flexibility index (Phi) is 7.09. The number of halogens is 3. The Bertz CT molecular complexity index is 865. The molecule has 7 heteroatoms. The summed E-state index contributed by atoms with van der Waals surface area (Å²) in [6, 6.07) is 10.0. The predicted octanol–water partition coefficient (Wildman–Crippen LogP) is 5.54. The molecule has 0 aliphatic carbocycles. The summed E-state index contributed by atoms with van der Waals surface area (Å²) in [4.78, 5) is 24.0. The van der Waals surface area contributed by atoms with Gasteiger partial charge in [-0.1, -0.05) is 46.9 Å². The summed E-state index contributed by atoms with van der Waals surface area (Å²) < 4.78 is 5.08. The predicted molar refractivity (Wildman–Crippen MR) is 106 cm³/mol. The van der Waals surface area contributed by atoms with Gasteiger partial charge in [0.05, 0.1) is 0 Å². The number of amides is 1. The number of esters is 1. The fourth-order valence-corrected chi connectivity index (χ4v) is 2.63. The lowest BCUT2D eigenvalue weighted by atomic mass is 10.2. The molecule has 0 fully saturated rings. The highest BCUT2D eigenvalue weighted by molar-refractivity contribution is 6.35. The molecule has 2 aromatic rings. The number of anilines is 1. The van der Waals surface area contributed by atoms with E-state index < -0.39 is 18.0 Å². The lowest BCUT2D eigenvalue weighted by Gasteiger charge is -2.13. The average molecular weight is 413 g/mol. The lowest BCUT2D eigenvalue weighted by Crippen LogP contribution is -2.29. The van der Waals surface area contributed by atoms with Gasteiger partial charge in [-0.05, 0) is 55.3 Å². The molecule has 1 amide bonds. The molecule has 0 aromatic heterocycles. The summed E-state index contributed by atoms with van der Waals surface area (Å²) in [6.07, 6.45) is 1.71. The lowest BCUT2D eigenvalue weighted by molar-refractivity contribution is -0.148. The Balaban J connectivity index is 1.94. The molecule has 4 nitrogen and oxygen atoms in total. The Morgan fingerprint density at radius 2 is 1.81 bits per heavy atom. The normalized spacial score (nSPS) is 12.0. The van der Waals surface area contributed by atoms with Gasteiger partial charge < -0.3 is 10.1 Å². The van der Waals surface area contributed by atoms with Crippen molar-refractivity contribution in [2.45, 2.75) is 20.0 Å². The van der Waals surface area contributed by atoms with Gasteiger partial charge in [-0.2, -0.15) is 0 Å². The summed E-state index contributed by atoms with van der Waals surface area (Å²) in [5, 5.41) is 4.08. The minimum atomic E-state index is -0.979. The van der Waals surface area contributed by atoms with Crippen molar-refractivity contribution in [3.8, 4) is 0 Å². The second-order valence-electron chi connectivity index (χ2n) is 5.53. The van der Waals surface area contributed by atoms with Gasteiger partial charge in [0.1, 0.15) is 0 Å². The molecule has 0 aliphatic heterocycles. The maximum absolute atomic E-state index is 12.1. The van der Waals surface area contributed by atoms with Crippen LogP contribution in [0, 0.1) is 6.92 Å². The molecular weight excluding hydrogens is 397 g/mol. The van der Waals surface area contributed by atoms with Crippen LogP contribution in [0.1, 0.15) is 18.1 Å². The zero-order valence-corrected chi connectivity index (χ0v) is 16.3. The van der Waals surface area contributed by atoms with E-state index in [9.17, 15) is 9.59 Å². The Morgan fingerprint density at radius 1 is 1.08 bits per heavy atom. The SMILES string of the molecule is Cc1ccc(NC(=O)C(C)OC(=O)/C=C/c2ccc(Cl)cc2Cl)cc1Cl. The van der Waals surface area contributed by atoms with Gasteiger partial charge in [0, 0.05) is 26.8 Å². The molecule has 0 heterocycles. The average Bonchev–Trinajstić information content (AvgIpc) is 2.57. The molecule has 0 radical (unpaired) electrons. The minimum Gasteiger partial charge on any atom is -0.449 e. The quantitative estimate of drug-likeness (QED) is 0.518. The van der Waals surface area contributed by atoms with Crippen LogP contribution in [-0.4, -0.2) is 18.0 Å². The largest absolute Gasteiger partial charge is 0.449 e. The first-order valence-electron chi connectivity index (χ1n) is 7.67. The van der Waals surface area contributed by atoms with Crippen LogP contribution in [0.5, 0.6) is 0 Å². The van der Waals surface area contributed by atoms with E-state index in [0.29, 0.717) is 26.3 Å². The third-order valence-corrected chi connectivity index (χ3v) is 4.43. The Labute approximate surface area is 166 Å². The van der Waals surface area contributed by atoms with E-state index in [2.05, 4.69) is 5.32 Å². The molecule has 0 aliphatic rings. The summed E-state index contributed by atoms with van der Waals surface area (Å²) in [7, 11) is 0. The molecule has 0 saturated carbocycles.